The SMILES string of the molecule is CC1OCCC1(O)CNC(=O)C1CCC(N)CC1. The van der Waals surface area contributed by atoms with E-state index in [4.69, 9.17) is 10.5 Å². The Hall–Kier alpha value is -0.650. The average Bonchev–Trinajstić information content (AvgIpc) is 2.68. The minimum Gasteiger partial charge on any atom is -0.385 e. The quantitative estimate of drug-likeness (QED) is 0.671. The molecule has 18 heavy (non-hydrogen) atoms. The van der Waals surface area contributed by atoms with Crippen molar-refractivity contribution >= 4 is 5.91 Å². The summed E-state index contributed by atoms with van der Waals surface area (Å²) in [6.07, 6.45) is 3.93. The number of nitrogens with two attached hydrogens (primary N) is 1. The van der Waals surface area contributed by atoms with Crippen LogP contribution in [0.4, 0.5) is 0 Å². The lowest BCUT2D eigenvalue weighted by Gasteiger charge is -2.29. The van der Waals surface area contributed by atoms with E-state index in [1.807, 2.05) is 6.92 Å². The van der Waals surface area contributed by atoms with Gasteiger partial charge in [-0.2, -0.15) is 0 Å². The van der Waals surface area contributed by atoms with Crippen LogP contribution in [0.25, 0.3) is 0 Å². The molecule has 2 fully saturated rings. The Morgan fingerprint density at radius 1 is 1.44 bits per heavy atom. The van der Waals surface area contributed by atoms with Crippen molar-refractivity contribution in [3.63, 3.8) is 0 Å². The standard InChI is InChI=1S/C13H24N2O3/c1-9-13(17,6-7-18-9)8-15-12(16)10-2-4-11(14)5-3-10/h9-11,17H,2-8,14H2,1H3,(H,15,16). The first kappa shape index (κ1) is 13.8. The van der Waals surface area contributed by atoms with Gasteiger partial charge in [-0.15, -0.1) is 0 Å². The van der Waals surface area contributed by atoms with E-state index in [1.54, 1.807) is 0 Å². The van der Waals surface area contributed by atoms with Crippen molar-refractivity contribution in [3.8, 4) is 0 Å². The van der Waals surface area contributed by atoms with Crippen LogP contribution in [0.2, 0.25) is 0 Å². The average molecular weight is 256 g/mol. The topological polar surface area (TPSA) is 84.6 Å². The highest BCUT2D eigenvalue weighted by Crippen LogP contribution is 2.26. The van der Waals surface area contributed by atoms with E-state index in [1.165, 1.54) is 0 Å². The second-order valence-corrected chi connectivity index (χ2v) is 5.70. The summed E-state index contributed by atoms with van der Waals surface area (Å²) >= 11 is 0. The van der Waals surface area contributed by atoms with Gasteiger partial charge in [0.05, 0.1) is 6.10 Å². The summed E-state index contributed by atoms with van der Waals surface area (Å²) in [7, 11) is 0. The second kappa shape index (κ2) is 5.55. The van der Waals surface area contributed by atoms with Crippen LogP contribution in [0, 0.1) is 5.92 Å². The molecule has 2 rings (SSSR count). The number of hydrogen-bond acceptors (Lipinski definition) is 4. The lowest BCUT2D eigenvalue weighted by Crippen LogP contribution is -2.49. The van der Waals surface area contributed by atoms with Crippen LogP contribution in [-0.4, -0.2) is 41.9 Å². The molecular formula is C13H24N2O3. The molecule has 5 nitrogen and oxygen atoms in total. The fraction of sp³-hybridized carbons (Fsp3) is 0.923. The van der Waals surface area contributed by atoms with Gasteiger partial charge in [0.25, 0.3) is 0 Å². The Bertz CT molecular complexity index is 303. The van der Waals surface area contributed by atoms with Gasteiger partial charge in [-0.1, -0.05) is 0 Å². The molecule has 1 saturated carbocycles. The van der Waals surface area contributed by atoms with Crippen LogP contribution in [0.1, 0.15) is 39.0 Å². The summed E-state index contributed by atoms with van der Waals surface area (Å²) in [5.74, 6) is 0.112. The molecular weight excluding hydrogens is 232 g/mol. The number of hydrogen-bond donors (Lipinski definition) is 3. The Kier molecular flexibility index (Phi) is 4.25. The molecule has 2 atom stereocenters. The van der Waals surface area contributed by atoms with E-state index >= 15 is 0 Å². The molecule has 0 radical (unpaired) electrons. The molecule has 1 aliphatic carbocycles. The highest BCUT2D eigenvalue weighted by atomic mass is 16.5. The van der Waals surface area contributed by atoms with Gasteiger partial charge in [0, 0.05) is 31.5 Å². The van der Waals surface area contributed by atoms with Crippen LogP contribution in [-0.2, 0) is 9.53 Å². The molecule has 0 bridgehead atoms. The molecule has 2 unspecified atom stereocenters. The second-order valence-electron chi connectivity index (χ2n) is 5.70. The first-order valence-corrected chi connectivity index (χ1v) is 6.88. The fourth-order valence-corrected chi connectivity index (χ4v) is 2.77. The largest absolute Gasteiger partial charge is 0.385 e. The number of carbonyl (C=O) groups excluding carboxylic acids is 1. The lowest BCUT2D eigenvalue weighted by molar-refractivity contribution is -0.127. The highest BCUT2D eigenvalue weighted by molar-refractivity contribution is 5.78. The minimum absolute atomic E-state index is 0.0504. The molecule has 1 heterocycles. The molecule has 0 aromatic heterocycles. The first-order chi connectivity index (χ1) is 8.51. The number of ether oxygens (including phenoxy) is 1. The van der Waals surface area contributed by atoms with Gasteiger partial charge < -0.3 is 20.9 Å². The number of nitrogens with one attached hydrogen (secondary N) is 1. The van der Waals surface area contributed by atoms with Gasteiger partial charge >= 0.3 is 0 Å². The highest BCUT2D eigenvalue weighted by Gasteiger charge is 2.40. The van der Waals surface area contributed by atoms with Gasteiger partial charge in [0.15, 0.2) is 0 Å². The number of aliphatic hydroxyl groups is 1. The van der Waals surface area contributed by atoms with E-state index in [0.29, 0.717) is 13.0 Å². The Morgan fingerprint density at radius 3 is 2.67 bits per heavy atom. The van der Waals surface area contributed by atoms with Crippen LogP contribution in [0.3, 0.4) is 0 Å². The van der Waals surface area contributed by atoms with Crippen molar-refractivity contribution in [3.05, 3.63) is 0 Å². The molecule has 104 valence electrons. The Balaban J connectivity index is 1.78. The molecule has 5 heteroatoms. The number of amides is 1. The lowest BCUT2D eigenvalue weighted by atomic mass is 9.85. The van der Waals surface area contributed by atoms with E-state index in [-0.39, 0.29) is 30.5 Å². The Labute approximate surface area is 108 Å². The molecule has 0 spiro atoms. The molecule has 4 N–H and O–H groups in total. The van der Waals surface area contributed by atoms with Crippen LogP contribution < -0.4 is 11.1 Å². The molecule has 1 saturated heterocycles. The zero-order valence-electron chi connectivity index (χ0n) is 11.0. The van der Waals surface area contributed by atoms with Crippen molar-refractivity contribution in [2.24, 2.45) is 11.7 Å². The molecule has 1 amide bonds. The predicted molar refractivity (Wildman–Crippen MR) is 67.9 cm³/mol. The summed E-state index contributed by atoms with van der Waals surface area (Å²) in [5, 5.41) is 13.2. The van der Waals surface area contributed by atoms with Crippen molar-refractivity contribution in [1.29, 1.82) is 0 Å². The van der Waals surface area contributed by atoms with E-state index in [9.17, 15) is 9.90 Å². The van der Waals surface area contributed by atoms with Gasteiger partial charge in [-0.25, -0.2) is 0 Å². The number of rotatable bonds is 3. The zero-order valence-corrected chi connectivity index (χ0v) is 11.0. The third-order valence-electron chi connectivity index (χ3n) is 4.37. The van der Waals surface area contributed by atoms with E-state index < -0.39 is 5.60 Å². The third-order valence-corrected chi connectivity index (χ3v) is 4.37. The maximum Gasteiger partial charge on any atom is 0.223 e. The maximum absolute atomic E-state index is 12.0. The van der Waals surface area contributed by atoms with Crippen LogP contribution in [0.15, 0.2) is 0 Å². The smallest absolute Gasteiger partial charge is 0.223 e. The Morgan fingerprint density at radius 2 is 2.11 bits per heavy atom. The van der Waals surface area contributed by atoms with Crippen molar-refractivity contribution in [1.82, 2.24) is 5.32 Å². The van der Waals surface area contributed by atoms with Crippen molar-refractivity contribution < 1.29 is 14.6 Å². The molecule has 1 aliphatic heterocycles. The van der Waals surface area contributed by atoms with Gasteiger partial charge in [0.2, 0.25) is 5.91 Å². The summed E-state index contributed by atoms with van der Waals surface area (Å²) in [6, 6.07) is 0.251. The maximum atomic E-state index is 12.0. The normalized spacial score (nSPS) is 40.7. The van der Waals surface area contributed by atoms with Crippen molar-refractivity contribution in [2.75, 3.05) is 13.2 Å². The minimum atomic E-state index is -0.902. The number of carbonyl (C=O) groups is 1. The van der Waals surface area contributed by atoms with Gasteiger partial charge in [0.1, 0.15) is 5.60 Å². The third kappa shape index (κ3) is 3.02. The van der Waals surface area contributed by atoms with Crippen LogP contribution in [0.5, 0.6) is 0 Å². The molecule has 2 aliphatic rings. The van der Waals surface area contributed by atoms with E-state index in [2.05, 4.69) is 5.32 Å². The zero-order chi connectivity index (χ0) is 13.2. The summed E-state index contributed by atoms with van der Waals surface area (Å²) in [4.78, 5) is 12.0. The van der Waals surface area contributed by atoms with Crippen LogP contribution >= 0.6 is 0 Å². The van der Waals surface area contributed by atoms with Gasteiger partial charge in [-0.3, -0.25) is 4.79 Å². The summed E-state index contributed by atoms with van der Waals surface area (Å²) in [6.45, 7) is 2.69. The summed E-state index contributed by atoms with van der Waals surface area (Å²) in [5.41, 5.74) is 4.92. The first-order valence-electron chi connectivity index (χ1n) is 6.88. The van der Waals surface area contributed by atoms with E-state index in [0.717, 1.165) is 25.7 Å². The summed E-state index contributed by atoms with van der Waals surface area (Å²) < 4.78 is 5.34. The monoisotopic (exact) mass is 256 g/mol. The molecule has 0 aromatic carbocycles. The van der Waals surface area contributed by atoms with Gasteiger partial charge in [-0.05, 0) is 32.6 Å². The van der Waals surface area contributed by atoms with Crippen molar-refractivity contribution in [2.45, 2.75) is 56.8 Å². The predicted octanol–water partition coefficient (Wildman–Crippen LogP) is 0.160. The fourth-order valence-electron chi connectivity index (χ4n) is 2.77. The molecule has 0 aromatic rings.